The Morgan fingerprint density at radius 1 is 1.64 bits per heavy atom. The van der Waals surface area contributed by atoms with Crippen molar-refractivity contribution in [1.82, 2.24) is 5.01 Å². The van der Waals surface area contributed by atoms with Crippen molar-refractivity contribution in [2.75, 3.05) is 6.54 Å². The highest BCUT2D eigenvalue weighted by atomic mass is 16.2. The van der Waals surface area contributed by atoms with Gasteiger partial charge in [0.05, 0.1) is 11.8 Å². The molecule has 0 aromatic heterocycles. The minimum Gasteiger partial charge on any atom is -0.267 e. The number of allylic oxidation sites excluding steroid dienone is 1. The Kier molecular flexibility index (Phi) is 2.08. The van der Waals surface area contributed by atoms with Crippen LogP contribution < -0.4 is 0 Å². The molecule has 1 rings (SSSR count). The van der Waals surface area contributed by atoms with Crippen molar-refractivity contribution in [2.24, 2.45) is 5.10 Å². The van der Waals surface area contributed by atoms with E-state index in [0.29, 0.717) is 6.54 Å². The van der Waals surface area contributed by atoms with Crippen molar-refractivity contribution in [3.8, 4) is 0 Å². The van der Waals surface area contributed by atoms with E-state index in [1.54, 1.807) is 6.21 Å². The number of likely N-dealkylation sites (N-methyl/N-ethyl adjacent to an activating group) is 1. The first kappa shape index (κ1) is 7.98. The van der Waals surface area contributed by atoms with Gasteiger partial charge >= 0.3 is 0 Å². The van der Waals surface area contributed by atoms with Crippen LogP contribution in [0.1, 0.15) is 20.8 Å². The second kappa shape index (κ2) is 2.86. The first-order valence-corrected chi connectivity index (χ1v) is 3.70. The van der Waals surface area contributed by atoms with Crippen LogP contribution in [0.3, 0.4) is 0 Å². The lowest BCUT2D eigenvalue weighted by molar-refractivity contribution is -0.125. The van der Waals surface area contributed by atoms with Gasteiger partial charge in [-0.25, -0.2) is 5.01 Å². The Morgan fingerprint density at radius 2 is 2.27 bits per heavy atom. The Morgan fingerprint density at radius 3 is 2.55 bits per heavy atom. The first-order valence-electron chi connectivity index (χ1n) is 3.70. The fourth-order valence-corrected chi connectivity index (χ4v) is 0.942. The highest BCUT2D eigenvalue weighted by Crippen LogP contribution is 2.11. The van der Waals surface area contributed by atoms with Gasteiger partial charge in [-0.2, -0.15) is 5.10 Å². The van der Waals surface area contributed by atoms with Gasteiger partial charge in [0.1, 0.15) is 0 Å². The van der Waals surface area contributed by atoms with Crippen molar-refractivity contribution in [3.63, 3.8) is 0 Å². The van der Waals surface area contributed by atoms with Crippen LogP contribution in [0.15, 0.2) is 16.2 Å². The monoisotopic (exact) mass is 152 g/mol. The number of carbonyl (C=O) groups excluding carboxylic acids is 1. The summed E-state index contributed by atoms with van der Waals surface area (Å²) in [6.07, 6.45) is 1.63. The molecule has 0 aliphatic carbocycles. The molecule has 11 heavy (non-hydrogen) atoms. The van der Waals surface area contributed by atoms with E-state index >= 15 is 0 Å². The second-order valence-corrected chi connectivity index (χ2v) is 2.68. The number of hydrogen-bond donors (Lipinski definition) is 0. The van der Waals surface area contributed by atoms with Crippen LogP contribution in [-0.2, 0) is 4.79 Å². The summed E-state index contributed by atoms with van der Waals surface area (Å²) in [5, 5.41) is 5.40. The van der Waals surface area contributed by atoms with Gasteiger partial charge < -0.3 is 0 Å². The number of hydrazone groups is 1. The number of hydrogen-bond acceptors (Lipinski definition) is 2. The third-order valence-electron chi connectivity index (χ3n) is 1.63. The van der Waals surface area contributed by atoms with Gasteiger partial charge in [-0.15, -0.1) is 0 Å². The average molecular weight is 152 g/mol. The van der Waals surface area contributed by atoms with E-state index in [0.717, 1.165) is 11.1 Å². The van der Waals surface area contributed by atoms with Crippen LogP contribution in [0.4, 0.5) is 0 Å². The molecule has 60 valence electrons. The fourth-order valence-electron chi connectivity index (χ4n) is 0.942. The molecule has 1 amide bonds. The molecule has 1 aliphatic rings. The maximum Gasteiger partial charge on any atom is 0.275 e. The molecule has 3 heteroatoms. The summed E-state index contributed by atoms with van der Waals surface area (Å²) >= 11 is 0. The van der Waals surface area contributed by atoms with E-state index in [1.807, 2.05) is 20.8 Å². The molecule has 0 bridgehead atoms. The minimum atomic E-state index is 0.0208. The van der Waals surface area contributed by atoms with Gasteiger partial charge in [0.25, 0.3) is 5.91 Å². The fraction of sp³-hybridized carbons (Fsp3) is 0.500. The average Bonchev–Trinajstić information content (AvgIpc) is 2.30. The minimum absolute atomic E-state index is 0.0208. The summed E-state index contributed by atoms with van der Waals surface area (Å²) in [4.78, 5) is 11.3. The predicted molar refractivity (Wildman–Crippen MR) is 44.3 cm³/mol. The Bertz CT molecular complexity index is 236. The molecular formula is C8H12N2O. The molecule has 0 radical (unpaired) electrons. The predicted octanol–water partition coefficient (Wildman–Crippen LogP) is 1.17. The van der Waals surface area contributed by atoms with Crippen LogP contribution in [0, 0.1) is 0 Å². The van der Waals surface area contributed by atoms with E-state index in [9.17, 15) is 4.79 Å². The lowest BCUT2D eigenvalue weighted by Gasteiger charge is -2.07. The Hall–Kier alpha value is -1.12. The quantitative estimate of drug-likeness (QED) is 0.519. The summed E-state index contributed by atoms with van der Waals surface area (Å²) in [6.45, 7) is 6.38. The molecule has 1 heterocycles. The van der Waals surface area contributed by atoms with Crippen molar-refractivity contribution in [1.29, 1.82) is 0 Å². The zero-order valence-corrected chi connectivity index (χ0v) is 7.09. The smallest absolute Gasteiger partial charge is 0.267 e. The molecule has 1 aliphatic heterocycles. The zero-order valence-electron chi connectivity index (χ0n) is 7.09. The number of nitrogens with zero attached hydrogens (tertiary/aromatic N) is 2. The maximum absolute atomic E-state index is 11.3. The van der Waals surface area contributed by atoms with E-state index < -0.39 is 0 Å². The highest BCUT2D eigenvalue weighted by Gasteiger charge is 2.21. The van der Waals surface area contributed by atoms with Gasteiger partial charge in [0.15, 0.2) is 0 Å². The highest BCUT2D eigenvalue weighted by molar-refractivity contribution is 6.15. The summed E-state index contributed by atoms with van der Waals surface area (Å²) in [5.74, 6) is 0.0208. The number of amides is 1. The molecule has 0 atom stereocenters. The number of carbonyl (C=O) groups is 1. The van der Waals surface area contributed by atoms with Crippen LogP contribution in [0.2, 0.25) is 0 Å². The molecule has 0 N–H and O–H groups in total. The topological polar surface area (TPSA) is 32.7 Å². The van der Waals surface area contributed by atoms with Crippen LogP contribution in [0.25, 0.3) is 0 Å². The lowest BCUT2D eigenvalue weighted by Crippen LogP contribution is -2.21. The van der Waals surface area contributed by atoms with E-state index in [2.05, 4.69) is 5.10 Å². The van der Waals surface area contributed by atoms with Crippen molar-refractivity contribution >= 4 is 12.1 Å². The van der Waals surface area contributed by atoms with E-state index in [1.165, 1.54) is 5.01 Å². The normalized spacial score (nSPS) is 16.5. The molecule has 0 spiro atoms. The van der Waals surface area contributed by atoms with Gasteiger partial charge in [-0.3, -0.25) is 4.79 Å². The molecule has 3 nitrogen and oxygen atoms in total. The van der Waals surface area contributed by atoms with Gasteiger partial charge in [0, 0.05) is 6.54 Å². The van der Waals surface area contributed by atoms with Crippen molar-refractivity contribution < 1.29 is 4.79 Å². The van der Waals surface area contributed by atoms with Crippen molar-refractivity contribution in [2.45, 2.75) is 20.8 Å². The SMILES string of the molecule is CCN1N=CC(=C(C)C)C1=O. The molecular weight excluding hydrogens is 140 g/mol. The van der Waals surface area contributed by atoms with Gasteiger partial charge in [0.2, 0.25) is 0 Å². The van der Waals surface area contributed by atoms with E-state index in [4.69, 9.17) is 0 Å². The van der Waals surface area contributed by atoms with Crippen LogP contribution >= 0.6 is 0 Å². The molecule has 0 saturated heterocycles. The summed E-state index contributed by atoms with van der Waals surface area (Å²) in [5.41, 5.74) is 1.75. The summed E-state index contributed by atoms with van der Waals surface area (Å²) in [7, 11) is 0. The largest absolute Gasteiger partial charge is 0.275 e. The van der Waals surface area contributed by atoms with Crippen LogP contribution in [0.5, 0.6) is 0 Å². The Balaban J connectivity index is 2.89. The summed E-state index contributed by atoms with van der Waals surface area (Å²) in [6, 6.07) is 0. The number of rotatable bonds is 1. The van der Waals surface area contributed by atoms with Crippen molar-refractivity contribution in [3.05, 3.63) is 11.1 Å². The maximum atomic E-state index is 11.3. The van der Waals surface area contributed by atoms with Gasteiger partial charge in [-0.1, -0.05) is 5.57 Å². The summed E-state index contributed by atoms with van der Waals surface area (Å²) < 4.78 is 0. The molecule has 0 saturated carbocycles. The lowest BCUT2D eigenvalue weighted by atomic mass is 10.1. The second-order valence-electron chi connectivity index (χ2n) is 2.68. The molecule has 0 aromatic rings. The van der Waals surface area contributed by atoms with Crippen LogP contribution in [-0.4, -0.2) is 23.7 Å². The first-order chi connectivity index (χ1) is 5.16. The third kappa shape index (κ3) is 1.31. The molecule has 0 unspecified atom stereocenters. The zero-order chi connectivity index (χ0) is 8.43. The molecule has 0 aromatic carbocycles. The molecule has 0 fully saturated rings. The third-order valence-corrected chi connectivity index (χ3v) is 1.63. The standard InChI is InChI=1S/C8H12N2O/c1-4-10-8(11)7(5-9-10)6(2)3/h5H,4H2,1-3H3. The van der Waals surface area contributed by atoms with E-state index in [-0.39, 0.29) is 5.91 Å². The Labute approximate surface area is 66.4 Å². The van der Waals surface area contributed by atoms with Gasteiger partial charge in [-0.05, 0) is 20.8 Å².